The molecule has 23 nitrogen and oxygen atoms in total. The van der Waals surface area contributed by atoms with Gasteiger partial charge in [0.1, 0.15) is 63.8 Å². The monoisotopic (exact) mass is 1440 g/mol. The topological polar surface area (TPSA) is 379 Å². The van der Waals surface area contributed by atoms with Crippen molar-refractivity contribution < 1.29 is 123 Å². The number of rotatable bonds is 20. The summed E-state index contributed by atoms with van der Waals surface area (Å²) in [5, 5.41) is -9.26. The molecule has 12 rings (SSSR count). The molecule has 0 aliphatic heterocycles. The van der Waals surface area contributed by atoms with Crippen LogP contribution in [0.15, 0.2) is 0 Å². The van der Waals surface area contributed by atoms with Gasteiger partial charge in [0, 0.05) is 86.9 Å². The maximum atomic E-state index is 13.8. The molecule has 12 aliphatic rings. The van der Waals surface area contributed by atoms with Crippen molar-refractivity contribution in [1.29, 1.82) is 0 Å². The quantitative estimate of drug-likeness (QED) is 0.0364. The Morgan fingerprint density at radius 1 is 0.515 bits per heavy atom. The summed E-state index contributed by atoms with van der Waals surface area (Å²) in [4.78, 5) is 126. The molecule has 0 N–H and O–H groups in total. The molecule has 30 heteroatoms. The molecule has 0 aromatic rings. The van der Waals surface area contributed by atoms with E-state index < -0.39 is 100.0 Å². The maximum absolute atomic E-state index is 13.8. The Morgan fingerprint density at radius 3 is 1.27 bits per heavy atom. The predicted molar refractivity (Wildman–Crippen MR) is 327 cm³/mol. The molecule has 12 fully saturated rings. The second kappa shape index (κ2) is 27.9. The van der Waals surface area contributed by atoms with Crippen LogP contribution < -0.4 is 0 Å². The summed E-state index contributed by atoms with van der Waals surface area (Å²) < 4.78 is 166. The maximum Gasteiger partial charge on any atom is 0.367 e. The Kier molecular flexibility index (Phi) is 22.0. The van der Waals surface area contributed by atoms with Gasteiger partial charge in [0.2, 0.25) is 0 Å². The summed E-state index contributed by atoms with van der Waals surface area (Å²) in [5.74, 6) is -3.08. The predicted octanol–water partition coefficient (Wildman–Crippen LogP) is 8.17. The van der Waals surface area contributed by atoms with E-state index in [-0.39, 0.29) is 149 Å². The number of hydrogen-bond acceptors (Lipinski definition) is 23. The number of alkyl halides is 4. The third-order valence-electron chi connectivity index (χ3n) is 26.3. The minimum absolute atomic E-state index is 0.00527. The van der Waals surface area contributed by atoms with Gasteiger partial charge >= 0.3 is 34.4 Å². The van der Waals surface area contributed by atoms with E-state index in [4.69, 9.17) is 4.74 Å². The summed E-state index contributed by atoms with van der Waals surface area (Å²) in [6, 6.07) is 0. The van der Waals surface area contributed by atoms with Gasteiger partial charge in [-0.05, 0) is 178 Å². The van der Waals surface area contributed by atoms with Crippen molar-refractivity contribution in [2.45, 2.75) is 206 Å². The van der Waals surface area contributed by atoms with Crippen molar-refractivity contribution >= 4 is 88.9 Å². The van der Waals surface area contributed by atoms with Gasteiger partial charge in [0.25, 0.3) is 0 Å². The van der Waals surface area contributed by atoms with E-state index in [9.17, 15) is 104 Å². The zero-order valence-electron chi connectivity index (χ0n) is 55.8. The van der Waals surface area contributed by atoms with Gasteiger partial charge < -0.3 is 32.6 Å². The Hall–Kier alpha value is -4.65. The van der Waals surface area contributed by atoms with Crippen molar-refractivity contribution in [2.24, 2.45) is 116 Å². The Balaban J connectivity index is 0.000000178. The highest BCUT2D eigenvalue weighted by Crippen LogP contribution is 2.69. The van der Waals surface area contributed by atoms with E-state index in [0.717, 1.165) is 38.5 Å². The zero-order valence-corrected chi connectivity index (χ0v) is 58.2. The number of ether oxygens (including phenoxy) is 4. The first-order chi connectivity index (χ1) is 44.8. The van der Waals surface area contributed by atoms with Crippen LogP contribution in [0.3, 0.4) is 0 Å². The van der Waals surface area contributed by atoms with E-state index in [1.54, 1.807) is 0 Å². The van der Waals surface area contributed by atoms with Gasteiger partial charge in [-0.1, -0.05) is 41.5 Å². The van der Waals surface area contributed by atoms with Gasteiger partial charge in [0.05, 0.1) is 5.41 Å². The van der Waals surface area contributed by atoms with Gasteiger partial charge in [0.15, 0.2) is 33.5 Å². The molecule has 4 bridgehead atoms. The first-order valence-electron chi connectivity index (χ1n) is 34.2. The van der Waals surface area contributed by atoms with Crippen molar-refractivity contribution in [3.63, 3.8) is 0 Å². The molecular formula is C67H91F4O23S3-3. The molecule has 16 atom stereocenters. The molecule has 8 unspecified atom stereocenters. The lowest BCUT2D eigenvalue weighted by atomic mass is 9.44. The summed E-state index contributed by atoms with van der Waals surface area (Å²) >= 11 is 0. The Bertz CT molecular complexity index is 3470. The van der Waals surface area contributed by atoms with Gasteiger partial charge in [-0.25, -0.2) is 25.3 Å². The third-order valence-corrected chi connectivity index (χ3v) is 28.6. The van der Waals surface area contributed by atoms with Crippen molar-refractivity contribution in [3.05, 3.63) is 0 Å². The average Bonchev–Trinajstić information content (AvgIpc) is 1.68. The van der Waals surface area contributed by atoms with Crippen LogP contribution in [0.4, 0.5) is 17.6 Å². The molecule has 0 aromatic heterocycles. The summed E-state index contributed by atoms with van der Waals surface area (Å²) in [6.07, 6.45) is 13.6. The smallest absolute Gasteiger partial charge is 0.367 e. The number of hydrogen-bond donors (Lipinski definition) is 0. The van der Waals surface area contributed by atoms with Gasteiger partial charge in [-0.15, -0.1) is 0 Å². The third kappa shape index (κ3) is 15.3. The molecule has 12 aliphatic carbocycles. The first kappa shape index (κ1) is 76.5. The Labute approximate surface area is 563 Å². The van der Waals surface area contributed by atoms with Crippen LogP contribution in [0.1, 0.15) is 196 Å². The second-order valence-corrected chi connectivity index (χ2v) is 36.1. The Morgan fingerprint density at radius 2 is 0.887 bits per heavy atom. The minimum atomic E-state index is -5.94. The van der Waals surface area contributed by atoms with E-state index in [0.29, 0.717) is 114 Å². The standard InChI is InChI=1S/C28H40O10S.C26H36F2O8S.C13H18F2O5S/c1-16(4-7-24(32)37-10-11-38-25(33)15-39(34,35)36)19-5-6-20-26-21(14-23(31)28(19,20)3)27(2)9-8-18(29)12-17(27)13-22(26)30;1-14(4-7-22(32)36-13-26(27,28)37(33,34)35)17-5-6-18-23-19(12-21(31)25(17,18)3)24(2)9-8-16(29)10-15(24)11-20(23)30;14-13(15,21(17,18)19)7-20-11(16)12-4-8-1-9(5-12)3-10(2-8)6-12/h16-17,19-21,26H,4-15H2,1-3H3,(H,34,35,36);14-15,17-19,23H,4-13H2,1-3H3,(H,33,34,35);8-10H,1-7H2,(H,17,18,19)/p-3/t16-,17?,19-,20?,21?,26?,27+,28-;14-,15?,17-,18?,19?,23?,24+,25-;/m11./s1. The van der Waals surface area contributed by atoms with E-state index in [1.807, 2.05) is 27.7 Å². The highest BCUT2D eigenvalue weighted by Gasteiger charge is 2.68. The van der Waals surface area contributed by atoms with Crippen LogP contribution in [-0.4, -0.2) is 140 Å². The van der Waals surface area contributed by atoms with Crippen LogP contribution in [0, 0.1) is 116 Å². The van der Waals surface area contributed by atoms with E-state index >= 15 is 0 Å². The number of halogens is 4. The largest absolute Gasteiger partial charge is 0.748 e. The summed E-state index contributed by atoms with van der Waals surface area (Å²) in [7, 11) is -16.5. The van der Waals surface area contributed by atoms with Crippen LogP contribution in [-0.2, 0) is 97.2 Å². The normalized spacial score (nSPS) is 38.1. The molecule has 0 saturated heterocycles. The molecule has 0 radical (unpaired) electrons. The van der Waals surface area contributed by atoms with Crippen LogP contribution in [0.2, 0.25) is 0 Å². The average molecular weight is 1440 g/mol. The first-order valence-corrected chi connectivity index (χ1v) is 38.6. The minimum Gasteiger partial charge on any atom is -0.748 e. The zero-order chi connectivity index (χ0) is 71.8. The van der Waals surface area contributed by atoms with Crippen molar-refractivity contribution in [2.75, 3.05) is 32.2 Å². The fraction of sp³-hybridized carbons (Fsp3) is 0.851. The lowest BCUT2D eigenvalue weighted by Gasteiger charge is -2.58. The fourth-order valence-corrected chi connectivity index (χ4v) is 22.3. The molecule has 0 aromatic carbocycles. The summed E-state index contributed by atoms with van der Waals surface area (Å²) in [6.45, 7) is 8.08. The number of ketones is 6. The molecule has 97 heavy (non-hydrogen) atoms. The molecule has 0 spiro atoms. The second-order valence-electron chi connectivity index (χ2n) is 31.7. The highest BCUT2D eigenvalue weighted by atomic mass is 32.2. The number of esters is 4. The number of carbonyl (C=O) groups excluding carboxylic acids is 10. The molecule has 0 amide bonds. The van der Waals surface area contributed by atoms with E-state index in [1.165, 1.54) is 0 Å². The van der Waals surface area contributed by atoms with Gasteiger partial charge in [-0.2, -0.15) is 17.6 Å². The highest BCUT2D eigenvalue weighted by molar-refractivity contribution is 7.87. The number of Topliss-reactive ketones (excluding diaryl/α,β-unsaturated/α-hetero) is 6. The van der Waals surface area contributed by atoms with Gasteiger partial charge in [-0.3, -0.25) is 47.9 Å². The van der Waals surface area contributed by atoms with Crippen LogP contribution >= 0.6 is 0 Å². The summed E-state index contributed by atoms with van der Waals surface area (Å²) in [5.41, 5.74) is -2.47. The van der Waals surface area contributed by atoms with Crippen LogP contribution in [0.5, 0.6) is 0 Å². The number of fused-ring (bicyclic) bond motifs is 10. The van der Waals surface area contributed by atoms with Crippen molar-refractivity contribution in [3.8, 4) is 0 Å². The SMILES string of the molecule is C[C@H](CCC(=O)OCC(F)(F)S(=O)(=O)[O-])[C@H]1CCC2C3C(=O)CC4CC(=O)CC[C@]4(C)C3CC(=O)[C@@]21C.C[C@H](CCC(=O)OCCOC(=O)CS(=O)(=O)[O-])[C@H]1CCC2C3C(=O)CC4CC(=O)CC[C@]4(C)C3CC(=O)[C@@]21C.O=C(OCC(F)(F)S(=O)(=O)[O-])C12CC3CC(CC(C3)C1)C2. The molecule has 546 valence electrons. The lowest BCUT2D eigenvalue weighted by Crippen LogP contribution is -2.60. The fourth-order valence-electron chi connectivity index (χ4n) is 21.5. The van der Waals surface area contributed by atoms with E-state index in [2.05, 4.69) is 28.1 Å². The number of carbonyl (C=O) groups is 10. The van der Waals surface area contributed by atoms with Crippen molar-refractivity contribution in [1.82, 2.24) is 0 Å². The van der Waals surface area contributed by atoms with Crippen LogP contribution in [0.25, 0.3) is 0 Å². The lowest BCUT2D eigenvalue weighted by molar-refractivity contribution is -0.177. The molecule has 12 saturated carbocycles. The molecule has 0 heterocycles. The molecular weight excluding hydrogens is 1340 g/mol.